The van der Waals surface area contributed by atoms with Gasteiger partial charge >= 0.3 is 6.09 Å². The smallest absolute Gasteiger partial charge is 0.407 e. The highest BCUT2D eigenvalue weighted by Gasteiger charge is 2.18. The lowest BCUT2D eigenvalue weighted by Crippen LogP contribution is -2.33. The van der Waals surface area contributed by atoms with Crippen LogP contribution in [0.4, 0.5) is 10.5 Å². The van der Waals surface area contributed by atoms with E-state index in [-0.39, 0.29) is 30.8 Å². The highest BCUT2D eigenvalue weighted by molar-refractivity contribution is 7.12. The topological polar surface area (TPSA) is 115 Å². The minimum absolute atomic E-state index is 0.130. The number of nitrogens with zero attached hydrogens (tertiary/aromatic N) is 3. The van der Waals surface area contributed by atoms with E-state index in [1.54, 1.807) is 41.0 Å². The first-order chi connectivity index (χ1) is 16.4. The largest absolute Gasteiger partial charge is 0.449 e. The van der Waals surface area contributed by atoms with Gasteiger partial charge in [0.25, 0.3) is 0 Å². The van der Waals surface area contributed by atoms with Gasteiger partial charge in [-0.1, -0.05) is 32.0 Å². The van der Waals surface area contributed by atoms with Crippen molar-refractivity contribution in [1.29, 1.82) is 0 Å². The fourth-order valence-corrected chi connectivity index (χ4v) is 3.90. The number of ether oxygens (including phenoxy) is 1. The maximum absolute atomic E-state index is 12.8. The van der Waals surface area contributed by atoms with Crippen LogP contribution in [0.25, 0.3) is 16.9 Å². The van der Waals surface area contributed by atoms with Crippen molar-refractivity contribution in [3.8, 4) is 11.3 Å². The molecule has 34 heavy (non-hydrogen) atoms. The van der Waals surface area contributed by atoms with Crippen LogP contribution in [-0.2, 0) is 9.53 Å². The quantitative estimate of drug-likeness (QED) is 0.371. The zero-order chi connectivity index (χ0) is 24.1. The number of ketones is 1. The minimum Gasteiger partial charge on any atom is -0.449 e. The Kier molecular flexibility index (Phi) is 6.98. The Bertz CT molecular complexity index is 1330. The summed E-state index contributed by atoms with van der Waals surface area (Å²) in [5.74, 6) is -0.307. The fraction of sp³-hybridized carbons (Fsp3) is 0.208. The molecule has 4 aromatic rings. The molecule has 0 aliphatic heterocycles. The third kappa shape index (κ3) is 5.29. The molecule has 3 aromatic heterocycles. The number of carbonyl (C=O) groups excluding carboxylic acids is 3. The highest BCUT2D eigenvalue weighted by Crippen LogP contribution is 2.25. The van der Waals surface area contributed by atoms with Gasteiger partial charge in [0.1, 0.15) is 6.54 Å². The number of fused-ring (bicyclic) bond motifs is 1. The van der Waals surface area contributed by atoms with Gasteiger partial charge in [-0.2, -0.15) is 5.10 Å². The molecule has 2 N–H and O–H groups in total. The van der Waals surface area contributed by atoms with Gasteiger partial charge in [-0.05, 0) is 35.6 Å². The number of carbonyl (C=O) groups is 3. The van der Waals surface area contributed by atoms with E-state index in [0.29, 0.717) is 27.5 Å². The van der Waals surface area contributed by atoms with E-state index in [2.05, 4.69) is 20.7 Å². The molecular weight excluding hydrogens is 454 g/mol. The molecule has 174 valence electrons. The summed E-state index contributed by atoms with van der Waals surface area (Å²) in [6.45, 7) is 3.92. The zero-order valence-corrected chi connectivity index (χ0v) is 19.5. The second-order valence-electron chi connectivity index (χ2n) is 7.91. The molecular formula is C24H23N5O4S. The summed E-state index contributed by atoms with van der Waals surface area (Å²) >= 11 is 1.37. The lowest BCUT2D eigenvalue weighted by molar-refractivity contribution is -0.115. The number of amides is 2. The Hall–Kier alpha value is -4.05. The van der Waals surface area contributed by atoms with E-state index in [9.17, 15) is 14.4 Å². The first-order valence-corrected chi connectivity index (χ1v) is 11.5. The Balaban J connectivity index is 1.49. The van der Waals surface area contributed by atoms with Crippen LogP contribution < -0.4 is 10.6 Å². The van der Waals surface area contributed by atoms with Crippen LogP contribution in [0.3, 0.4) is 0 Å². The van der Waals surface area contributed by atoms with E-state index in [1.807, 2.05) is 31.4 Å². The second kappa shape index (κ2) is 10.3. The lowest BCUT2D eigenvalue weighted by Gasteiger charge is -2.10. The Morgan fingerprint density at radius 1 is 1.15 bits per heavy atom. The predicted molar refractivity (Wildman–Crippen MR) is 129 cm³/mol. The molecule has 9 nitrogen and oxygen atoms in total. The summed E-state index contributed by atoms with van der Waals surface area (Å²) in [5, 5.41) is 11.4. The van der Waals surface area contributed by atoms with Crippen LogP contribution in [0.5, 0.6) is 0 Å². The number of aromatic nitrogens is 3. The number of hydrogen-bond acceptors (Lipinski definition) is 7. The number of rotatable bonds is 8. The van der Waals surface area contributed by atoms with Gasteiger partial charge in [0.05, 0.1) is 28.9 Å². The predicted octanol–water partition coefficient (Wildman–Crippen LogP) is 4.01. The summed E-state index contributed by atoms with van der Waals surface area (Å²) in [5.41, 5.74) is 2.90. The van der Waals surface area contributed by atoms with Crippen LogP contribution in [0, 0.1) is 5.92 Å². The molecule has 1 aromatic carbocycles. The molecule has 0 fully saturated rings. The number of nitrogens with one attached hydrogen (secondary N) is 2. The average molecular weight is 478 g/mol. The van der Waals surface area contributed by atoms with E-state index in [1.165, 1.54) is 17.5 Å². The first kappa shape index (κ1) is 23.1. The Labute approximate surface area is 199 Å². The molecule has 0 bridgehead atoms. The summed E-state index contributed by atoms with van der Waals surface area (Å²) in [6.07, 6.45) is 2.50. The van der Waals surface area contributed by atoms with E-state index < -0.39 is 6.09 Å². The van der Waals surface area contributed by atoms with Crippen LogP contribution in [0.15, 0.2) is 60.2 Å². The normalized spacial score (nSPS) is 10.9. The lowest BCUT2D eigenvalue weighted by atomic mass is 10.1. The molecule has 0 aliphatic rings. The second-order valence-corrected chi connectivity index (χ2v) is 8.85. The van der Waals surface area contributed by atoms with Crippen molar-refractivity contribution in [3.05, 3.63) is 70.7 Å². The molecule has 0 aliphatic carbocycles. The molecule has 0 atom stereocenters. The summed E-state index contributed by atoms with van der Waals surface area (Å²) < 4.78 is 6.60. The summed E-state index contributed by atoms with van der Waals surface area (Å²) in [6, 6.07) is 12.6. The van der Waals surface area contributed by atoms with Gasteiger partial charge in [-0.25, -0.2) is 14.3 Å². The molecule has 3 heterocycles. The van der Waals surface area contributed by atoms with Gasteiger partial charge in [0.2, 0.25) is 11.7 Å². The van der Waals surface area contributed by atoms with Crippen molar-refractivity contribution in [3.63, 3.8) is 0 Å². The number of anilines is 1. The SMILES string of the molecule is CC(C)COC(=O)NCC(=O)Nc1cccc(-c2ccnc3c(C(=O)c4cccs4)cnn23)c1. The number of hydrogen-bond donors (Lipinski definition) is 2. The highest BCUT2D eigenvalue weighted by atomic mass is 32.1. The zero-order valence-electron chi connectivity index (χ0n) is 18.6. The summed E-state index contributed by atoms with van der Waals surface area (Å²) in [4.78, 5) is 41.7. The van der Waals surface area contributed by atoms with Gasteiger partial charge < -0.3 is 15.4 Å². The third-order valence-electron chi connectivity index (χ3n) is 4.77. The first-order valence-electron chi connectivity index (χ1n) is 10.6. The molecule has 0 saturated carbocycles. The van der Waals surface area contributed by atoms with E-state index >= 15 is 0 Å². The van der Waals surface area contributed by atoms with Crippen LogP contribution in [0.2, 0.25) is 0 Å². The molecule has 2 amide bonds. The Morgan fingerprint density at radius 2 is 2.00 bits per heavy atom. The van der Waals surface area contributed by atoms with Crippen LogP contribution in [0.1, 0.15) is 29.1 Å². The van der Waals surface area contributed by atoms with Crippen LogP contribution in [-0.4, -0.2) is 45.5 Å². The van der Waals surface area contributed by atoms with Crippen molar-refractivity contribution < 1.29 is 19.1 Å². The molecule has 10 heteroatoms. The van der Waals surface area contributed by atoms with Crippen LogP contribution >= 0.6 is 11.3 Å². The number of thiophene rings is 1. The Morgan fingerprint density at radius 3 is 2.76 bits per heavy atom. The monoisotopic (exact) mass is 477 g/mol. The third-order valence-corrected chi connectivity index (χ3v) is 5.64. The summed E-state index contributed by atoms with van der Waals surface area (Å²) in [7, 11) is 0. The molecule has 0 unspecified atom stereocenters. The molecule has 0 spiro atoms. The molecule has 0 radical (unpaired) electrons. The standard InChI is InChI=1S/C24H23N5O4S/c1-15(2)14-33-24(32)26-13-21(30)28-17-6-3-5-16(11-17)19-8-9-25-23-18(12-27-29(19)23)22(31)20-7-4-10-34-20/h3-12,15H,13-14H2,1-2H3,(H,26,32)(H,28,30). The number of benzene rings is 1. The van der Waals surface area contributed by atoms with E-state index in [0.717, 1.165) is 5.56 Å². The van der Waals surface area contributed by atoms with Gasteiger partial charge in [0.15, 0.2) is 5.65 Å². The molecule has 4 rings (SSSR count). The van der Waals surface area contributed by atoms with Gasteiger partial charge in [0, 0.05) is 17.4 Å². The fourth-order valence-electron chi connectivity index (χ4n) is 3.22. The van der Waals surface area contributed by atoms with Crippen molar-refractivity contribution in [2.45, 2.75) is 13.8 Å². The maximum Gasteiger partial charge on any atom is 0.407 e. The number of alkyl carbamates (subject to hydrolysis) is 1. The van der Waals surface area contributed by atoms with Crippen molar-refractivity contribution in [2.75, 3.05) is 18.5 Å². The van der Waals surface area contributed by atoms with Crippen molar-refractivity contribution in [2.24, 2.45) is 5.92 Å². The van der Waals surface area contributed by atoms with E-state index in [4.69, 9.17) is 4.74 Å². The van der Waals surface area contributed by atoms with Crippen molar-refractivity contribution in [1.82, 2.24) is 19.9 Å². The van der Waals surface area contributed by atoms with Gasteiger partial charge in [-0.15, -0.1) is 11.3 Å². The average Bonchev–Trinajstić information content (AvgIpc) is 3.51. The van der Waals surface area contributed by atoms with Gasteiger partial charge in [-0.3, -0.25) is 9.59 Å². The van der Waals surface area contributed by atoms with Crippen molar-refractivity contribution >= 4 is 40.5 Å². The maximum atomic E-state index is 12.8. The minimum atomic E-state index is -0.636. The molecule has 0 saturated heterocycles.